The van der Waals surface area contributed by atoms with Gasteiger partial charge in [0.2, 0.25) is 10.0 Å². The van der Waals surface area contributed by atoms with Crippen molar-refractivity contribution < 1.29 is 12.9 Å². The number of sulfonamides is 1. The first-order valence-electron chi connectivity index (χ1n) is 6.47. The second-order valence-corrected chi connectivity index (χ2v) is 7.24. The van der Waals surface area contributed by atoms with Gasteiger partial charge in [0.15, 0.2) is 5.76 Å². The van der Waals surface area contributed by atoms with Crippen molar-refractivity contribution in [3.63, 3.8) is 0 Å². The number of halogens is 1. The lowest BCUT2D eigenvalue weighted by Gasteiger charge is -2.34. The smallest absolute Gasteiger partial charge is 0.245 e. The summed E-state index contributed by atoms with van der Waals surface area (Å²) in [5.41, 5.74) is 0.414. The van der Waals surface area contributed by atoms with E-state index in [1.54, 1.807) is 13.8 Å². The molecule has 0 radical (unpaired) electrons. The van der Waals surface area contributed by atoms with Crippen LogP contribution in [0.5, 0.6) is 0 Å². The number of hydrogen-bond acceptors (Lipinski definition) is 5. The molecule has 0 unspecified atom stereocenters. The Bertz CT molecular complexity index is 531. The highest BCUT2D eigenvalue weighted by atomic mass is 35.5. The van der Waals surface area contributed by atoms with Crippen molar-refractivity contribution in [1.29, 1.82) is 0 Å². The minimum atomic E-state index is -3.54. The number of piperidine rings is 1. The predicted molar refractivity (Wildman–Crippen MR) is 78.6 cm³/mol. The lowest BCUT2D eigenvalue weighted by molar-refractivity contribution is 0.232. The molecule has 2 N–H and O–H groups in total. The predicted octanol–water partition coefficient (Wildman–Crippen LogP) is 1.38. The molecule has 0 aromatic carbocycles. The van der Waals surface area contributed by atoms with Crippen LogP contribution in [0.1, 0.15) is 31.2 Å². The first-order chi connectivity index (χ1) is 8.84. The van der Waals surface area contributed by atoms with Crippen LogP contribution in [0.2, 0.25) is 0 Å². The van der Waals surface area contributed by atoms with Crippen molar-refractivity contribution in [3.8, 4) is 0 Å². The summed E-state index contributed by atoms with van der Waals surface area (Å²) in [6, 6.07) is 0. The summed E-state index contributed by atoms with van der Waals surface area (Å²) < 4.78 is 32.2. The van der Waals surface area contributed by atoms with Gasteiger partial charge >= 0.3 is 0 Å². The van der Waals surface area contributed by atoms with Crippen molar-refractivity contribution in [1.82, 2.24) is 15.2 Å². The SMILES string of the molecule is Cc1noc(C)c1S(=O)(=O)NCC1(C)CCNCC1.Cl. The number of rotatable bonds is 4. The largest absolute Gasteiger partial charge is 0.360 e. The van der Waals surface area contributed by atoms with E-state index in [2.05, 4.69) is 22.1 Å². The number of aryl methyl sites for hydroxylation is 2. The van der Waals surface area contributed by atoms with Crippen molar-refractivity contribution in [2.24, 2.45) is 5.41 Å². The third-order valence-electron chi connectivity index (χ3n) is 3.74. The molecule has 1 aromatic rings. The topological polar surface area (TPSA) is 84.2 Å². The van der Waals surface area contributed by atoms with E-state index in [0.717, 1.165) is 25.9 Å². The van der Waals surface area contributed by atoms with Crippen LogP contribution in [0.15, 0.2) is 9.42 Å². The maximum atomic E-state index is 12.3. The highest BCUT2D eigenvalue weighted by Gasteiger charge is 2.30. The summed E-state index contributed by atoms with van der Waals surface area (Å²) in [6.07, 6.45) is 1.94. The number of aromatic nitrogens is 1. The maximum Gasteiger partial charge on any atom is 0.245 e. The molecule has 20 heavy (non-hydrogen) atoms. The summed E-state index contributed by atoms with van der Waals surface area (Å²) in [5, 5.41) is 6.97. The third-order valence-corrected chi connectivity index (χ3v) is 5.38. The lowest BCUT2D eigenvalue weighted by atomic mass is 9.81. The standard InChI is InChI=1S/C12H21N3O3S.ClH/c1-9-11(10(2)18-15-9)19(16,17)14-8-12(3)4-6-13-7-5-12;/h13-14H,4-8H2,1-3H3;1H. The Morgan fingerprint density at radius 1 is 1.35 bits per heavy atom. The van der Waals surface area contributed by atoms with Crippen LogP contribution in [0.3, 0.4) is 0 Å². The molecule has 1 aliphatic rings. The van der Waals surface area contributed by atoms with Crippen molar-refractivity contribution in [2.45, 2.75) is 38.5 Å². The van der Waals surface area contributed by atoms with Gasteiger partial charge in [-0.3, -0.25) is 0 Å². The van der Waals surface area contributed by atoms with E-state index in [0.29, 0.717) is 18.0 Å². The summed E-state index contributed by atoms with van der Waals surface area (Å²) in [5.74, 6) is 0.334. The Balaban J connectivity index is 0.00000200. The molecule has 2 rings (SSSR count). The van der Waals surface area contributed by atoms with Crippen LogP contribution >= 0.6 is 12.4 Å². The van der Waals surface area contributed by atoms with E-state index in [1.165, 1.54) is 0 Å². The molecule has 0 aliphatic carbocycles. The zero-order valence-corrected chi connectivity index (χ0v) is 13.7. The van der Waals surface area contributed by atoms with Crippen LogP contribution in [-0.2, 0) is 10.0 Å². The van der Waals surface area contributed by atoms with Gasteiger partial charge < -0.3 is 9.84 Å². The molecule has 8 heteroatoms. The Kier molecular flexibility index (Phi) is 5.60. The molecule has 6 nitrogen and oxygen atoms in total. The first kappa shape index (κ1) is 17.4. The normalized spacial score (nSPS) is 18.6. The molecule has 1 aromatic heterocycles. The fourth-order valence-corrected chi connectivity index (χ4v) is 3.93. The molecule has 1 aliphatic heterocycles. The highest BCUT2D eigenvalue weighted by molar-refractivity contribution is 7.89. The van der Waals surface area contributed by atoms with Crippen LogP contribution < -0.4 is 10.0 Å². The summed E-state index contributed by atoms with van der Waals surface area (Å²) >= 11 is 0. The van der Waals surface area contributed by atoms with E-state index in [4.69, 9.17) is 4.52 Å². The van der Waals surface area contributed by atoms with E-state index in [1.807, 2.05) is 0 Å². The molecule has 0 bridgehead atoms. The molecular formula is C12H22ClN3O3S. The van der Waals surface area contributed by atoms with Crippen LogP contribution in [0.25, 0.3) is 0 Å². The minimum absolute atomic E-state index is 0. The van der Waals surface area contributed by atoms with Gasteiger partial charge in [0.25, 0.3) is 0 Å². The molecule has 2 heterocycles. The monoisotopic (exact) mass is 323 g/mol. The quantitative estimate of drug-likeness (QED) is 0.874. The van der Waals surface area contributed by atoms with Gasteiger partial charge in [-0.1, -0.05) is 12.1 Å². The van der Waals surface area contributed by atoms with Crippen LogP contribution in [0.4, 0.5) is 0 Å². The van der Waals surface area contributed by atoms with Crippen molar-refractivity contribution in [3.05, 3.63) is 11.5 Å². The second kappa shape index (κ2) is 6.43. The summed E-state index contributed by atoms with van der Waals surface area (Å²) in [6.45, 7) is 7.68. The van der Waals surface area contributed by atoms with Gasteiger partial charge in [0.05, 0.1) is 0 Å². The highest BCUT2D eigenvalue weighted by Crippen LogP contribution is 2.28. The Hall–Kier alpha value is -0.630. The van der Waals surface area contributed by atoms with E-state index in [-0.39, 0.29) is 22.7 Å². The van der Waals surface area contributed by atoms with E-state index < -0.39 is 10.0 Å². The molecule has 1 fully saturated rings. The summed E-state index contributed by atoms with van der Waals surface area (Å²) in [4.78, 5) is 0.171. The van der Waals surface area contributed by atoms with Gasteiger partial charge in [0, 0.05) is 6.54 Å². The maximum absolute atomic E-state index is 12.3. The minimum Gasteiger partial charge on any atom is -0.360 e. The van der Waals surface area contributed by atoms with Gasteiger partial charge in [-0.05, 0) is 45.2 Å². The van der Waals surface area contributed by atoms with E-state index in [9.17, 15) is 8.42 Å². The zero-order chi connectivity index (χ0) is 14.1. The Morgan fingerprint density at radius 3 is 2.45 bits per heavy atom. The Labute approximate surface area is 126 Å². The average molecular weight is 324 g/mol. The zero-order valence-electron chi connectivity index (χ0n) is 12.0. The molecular weight excluding hydrogens is 302 g/mol. The molecule has 0 spiro atoms. The molecule has 0 atom stereocenters. The van der Waals surface area contributed by atoms with Crippen molar-refractivity contribution in [2.75, 3.05) is 19.6 Å². The molecule has 1 saturated heterocycles. The summed E-state index contributed by atoms with van der Waals surface area (Å²) in [7, 11) is -3.54. The van der Waals surface area contributed by atoms with Crippen molar-refractivity contribution >= 4 is 22.4 Å². The average Bonchev–Trinajstić information content (AvgIpc) is 2.68. The van der Waals surface area contributed by atoms with Gasteiger partial charge in [-0.25, -0.2) is 13.1 Å². The molecule has 116 valence electrons. The number of nitrogens with zero attached hydrogens (tertiary/aromatic N) is 1. The van der Waals surface area contributed by atoms with E-state index >= 15 is 0 Å². The second-order valence-electron chi connectivity index (χ2n) is 5.54. The molecule has 0 saturated carbocycles. The Morgan fingerprint density at radius 2 is 1.95 bits per heavy atom. The number of hydrogen-bond donors (Lipinski definition) is 2. The van der Waals surface area contributed by atoms with Gasteiger partial charge in [-0.15, -0.1) is 12.4 Å². The van der Waals surface area contributed by atoms with Crippen LogP contribution in [0, 0.1) is 19.3 Å². The lowest BCUT2D eigenvalue weighted by Crippen LogP contribution is -2.43. The molecule has 0 amide bonds. The number of nitrogens with one attached hydrogen (secondary N) is 2. The van der Waals surface area contributed by atoms with Crippen LogP contribution in [-0.4, -0.2) is 33.2 Å². The fourth-order valence-electron chi connectivity index (χ4n) is 2.41. The third kappa shape index (κ3) is 3.72. The van der Waals surface area contributed by atoms with Gasteiger partial charge in [0.1, 0.15) is 10.6 Å². The first-order valence-corrected chi connectivity index (χ1v) is 7.96. The van der Waals surface area contributed by atoms with Gasteiger partial charge in [-0.2, -0.15) is 0 Å². The fraction of sp³-hybridized carbons (Fsp3) is 0.750.